The summed E-state index contributed by atoms with van der Waals surface area (Å²) in [5.41, 5.74) is 6.20. The highest BCUT2D eigenvalue weighted by atomic mass is 16.3. The van der Waals surface area contributed by atoms with Gasteiger partial charge in [-0.25, -0.2) is 15.0 Å². The molecule has 0 bridgehead atoms. The van der Waals surface area contributed by atoms with Crippen molar-refractivity contribution in [3.8, 4) is 56.4 Å². The normalized spacial score (nSPS) is 12.9. The van der Waals surface area contributed by atoms with Crippen LogP contribution in [0.3, 0.4) is 0 Å². The zero-order valence-corrected chi connectivity index (χ0v) is 29.3. The van der Waals surface area contributed by atoms with E-state index in [4.69, 9.17) is 26.2 Å². The van der Waals surface area contributed by atoms with Gasteiger partial charge >= 0.3 is 0 Å². The SMILES string of the molecule is [2H]c1c([2H])c([2H])c(-c2cccc(-c3nc(-c4ccccc4)nc(-c4cccc5oc6c(-c7ccc8c9ccccc9c9ccccc9c8c7)cccc6c45)n3)c2)c([2H])c1[2H]. The van der Waals surface area contributed by atoms with Gasteiger partial charge in [-0.15, -0.1) is 0 Å². The van der Waals surface area contributed by atoms with Crippen LogP contribution < -0.4 is 0 Å². The molecule has 11 rings (SSSR count). The third-order valence-electron chi connectivity index (χ3n) is 10.4. The van der Waals surface area contributed by atoms with E-state index in [0.717, 1.165) is 38.6 Å². The average Bonchev–Trinajstić information content (AvgIpc) is 3.70. The highest BCUT2D eigenvalue weighted by Gasteiger charge is 2.20. The number of aromatic nitrogens is 3. The number of rotatable bonds is 5. The Morgan fingerprint density at radius 3 is 1.69 bits per heavy atom. The molecule has 11 aromatic rings. The number of furan rings is 1. The van der Waals surface area contributed by atoms with E-state index < -0.39 is 18.1 Å². The molecule has 0 fully saturated rings. The highest BCUT2D eigenvalue weighted by molar-refractivity contribution is 6.26. The maximum atomic E-state index is 8.61. The lowest BCUT2D eigenvalue weighted by Crippen LogP contribution is -2.00. The summed E-state index contributed by atoms with van der Waals surface area (Å²) < 4.78 is 48.6. The van der Waals surface area contributed by atoms with Crippen LogP contribution in [0.15, 0.2) is 192 Å². The van der Waals surface area contributed by atoms with Gasteiger partial charge in [-0.3, -0.25) is 0 Å². The molecular weight excluding hydrogens is 671 g/mol. The van der Waals surface area contributed by atoms with E-state index in [1.54, 1.807) is 18.2 Å². The van der Waals surface area contributed by atoms with E-state index in [2.05, 4.69) is 84.9 Å². The molecular formula is C51H31N3O. The molecule has 4 heteroatoms. The predicted molar refractivity (Wildman–Crippen MR) is 227 cm³/mol. The second kappa shape index (κ2) is 12.6. The number of hydrogen-bond acceptors (Lipinski definition) is 4. The fourth-order valence-corrected chi connectivity index (χ4v) is 7.89. The molecule has 0 aliphatic heterocycles. The summed E-state index contributed by atoms with van der Waals surface area (Å²) in [5.74, 6) is 1.27. The van der Waals surface area contributed by atoms with Crippen molar-refractivity contribution in [3.63, 3.8) is 0 Å². The minimum Gasteiger partial charge on any atom is -0.455 e. The molecule has 0 aliphatic carbocycles. The number of fused-ring (bicyclic) bond motifs is 9. The van der Waals surface area contributed by atoms with Crippen molar-refractivity contribution in [1.29, 1.82) is 0 Å². The van der Waals surface area contributed by atoms with Crippen molar-refractivity contribution in [2.75, 3.05) is 0 Å². The van der Waals surface area contributed by atoms with Crippen LogP contribution in [0.2, 0.25) is 0 Å². The molecule has 2 aromatic heterocycles. The minimum absolute atomic E-state index is 0.110. The first-order valence-corrected chi connectivity index (χ1v) is 18.1. The van der Waals surface area contributed by atoms with Gasteiger partial charge in [0.2, 0.25) is 0 Å². The van der Waals surface area contributed by atoms with E-state index in [9.17, 15) is 0 Å². The first-order valence-electron chi connectivity index (χ1n) is 20.6. The lowest BCUT2D eigenvalue weighted by Gasteiger charge is -2.12. The highest BCUT2D eigenvalue weighted by Crippen LogP contribution is 2.42. The Morgan fingerprint density at radius 2 is 0.927 bits per heavy atom. The van der Waals surface area contributed by atoms with Crippen molar-refractivity contribution in [1.82, 2.24) is 15.0 Å². The van der Waals surface area contributed by atoms with Gasteiger partial charge in [-0.2, -0.15) is 0 Å². The summed E-state index contributed by atoms with van der Waals surface area (Å²) in [6.45, 7) is 0. The molecule has 9 aromatic carbocycles. The summed E-state index contributed by atoms with van der Waals surface area (Å²) in [4.78, 5) is 15.1. The lowest BCUT2D eigenvalue weighted by molar-refractivity contribution is 0.670. The van der Waals surface area contributed by atoms with Crippen LogP contribution in [0, 0.1) is 0 Å². The molecule has 0 unspecified atom stereocenters. The minimum atomic E-state index is -0.438. The Hall–Kier alpha value is -7.43. The maximum Gasteiger partial charge on any atom is 0.164 e. The number of benzene rings is 9. The molecule has 0 saturated carbocycles. The van der Waals surface area contributed by atoms with Gasteiger partial charge in [0, 0.05) is 33.0 Å². The summed E-state index contributed by atoms with van der Waals surface area (Å²) in [6, 6.07) is 51.0. The van der Waals surface area contributed by atoms with Gasteiger partial charge in [0.25, 0.3) is 0 Å². The van der Waals surface area contributed by atoms with Crippen LogP contribution in [0.4, 0.5) is 0 Å². The van der Waals surface area contributed by atoms with Crippen LogP contribution in [-0.4, -0.2) is 15.0 Å². The first kappa shape index (κ1) is 26.4. The zero-order chi connectivity index (χ0) is 40.6. The molecule has 0 aliphatic rings. The maximum absolute atomic E-state index is 8.61. The van der Waals surface area contributed by atoms with E-state index >= 15 is 0 Å². The van der Waals surface area contributed by atoms with Crippen molar-refractivity contribution in [3.05, 3.63) is 188 Å². The molecule has 0 saturated heterocycles. The predicted octanol–water partition coefficient (Wildman–Crippen LogP) is 13.6. The zero-order valence-electron chi connectivity index (χ0n) is 34.3. The van der Waals surface area contributed by atoms with Gasteiger partial charge in [0.15, 0.2) is 17.5 Å². The quantitative estimate of drug-likeness (QED) is 0.167. The average molecular weight is 707 g/mol. The smallest absolute Gasteiger partial charge is 0.164 e. The fraction of sp³-hybridized carbons (Fsp3) is 0. The summed E-state index contributed by atoms with van der Waals surface area (Å²) in [6.07, 6.45) is 0. The van der Waals surface area contributed by atoms with Crippen LogP contribution in [0.25, 0.3) is 111 Å². The topological polar surface area (TPSA) is 51.8 Å². The Labute approximate surface area is 324 Å². The van der Waals surface area contributed by atoms with Crippen LogP contribution in [-0.2, 0) is 0 Å². The largest absolute Gasteiger partial charge is 0.455 e. The summed E-state index contributed by atoms with van der Waals surface area (Å²) in [7, 11) is 0. The standard InChI is InChI=1S/C51H31N3O/c1-3-14-32(15-4-1)34-18-11-19-36(30-34)50-52-49(33-16-5-2-6-17-33)53-51(54-50)44-26-13-27-46-47(44)43-25-12-24-37(48(43)55-46)35-28-29-42-40-22-8-7-20-38(40)39-21-9-10-23-41(39)45(42)31-35/h1-31H/i1D,3D,4D,14D,15D. The van der Waals surface area contributed by atoms with Gasteiger partial charge in [-0.1, -0.05) is 170 Å². The molecule has 256 valence electrons. The second-order valence-electron chi connectivity index (χ2n) is 13.6. The van der Waals surface area contributed by atoms with Crippen LogP contribution >= 0.6 is 0 Å². The van der Waals surface area contributed by atoms with Gasteiger partial charge in [0.1, 0.15) is 11.2 Å². The molecule has 0 atom stereocenters. The number of hydrogen-bond donors (Lipinski definition) is 0. The van der Waals surface area contributed by atoms with Crippen molar-refractivity contribution in [2.45, 2.75) is 0 Å². The van der Waals surface area contributed by atoms with Crippen molar-refractivity contribution >= 4 is 54.3 Å². The molecule has 0 N–H and O–H groups in total. The van der Waals surface area contributed by atoms with E-state index in [0.29, 0.717) is 34.2 Å². The monoisotopic (exact) mass is 706 g/mol. The fourth-order valence-electron chi connectivity index (χ4n) is 7.89. The molecule has 0 radical (unpaired) electrons. The number of para-hydroxylation sites is 1. The van der Waals surface area contributed by atoms with Crippen molar-refractivity contribution in [2.24, 2.45) is 0 Å². The van der Waals surface area contributed by atoms with Gasteiger partial charge in [0.05, 0.1) is 6.85 Å². The Bertz CT molecular complexity index is 3500. The number of nitrogens with zero attached hydrogens (tertiary/aromatic N) is 3. The molecule has 0 spiro atoms. The van der Waals surface area contributed by atoms with Gasteiger partial charge in [-0.05, 0) is 67.2 Å². The van der Waals surface area contributed by atoms with E-state index in [1.807, 2.05) is 54.6 Å². The van der Waals surface area contributed by atoms with Crippen LogP contribution in [0.1, 0.15) is 6.85 Å². The molecule has 2 heterocycles. The molecule has 55 heavy (non-hydrogen) atoms. The second-order valence-corrected chi connectivity index (χ2v) is 13.6. The summed E-state index contributed by atoms with van der Waals surface area (Å²) in [5, 5.41) is 9.05. The van der Waals surface area contributed by atoms with Gasteiger partial charge < -0.3 is 4.42 Å². The first-order chi connectivity index (χ1) is 29.3. The molecule has 0 amide bonds. The van der Waals surface area contributed by atoms with E-state index in [1.165, 1.54) is 32.3 Å². The Balaban J connectivity index is 1.10. The van der Waals surface area contributed by atoms with Crippen molar-refractivity contribution < 1.29 is 11.3 Å². The third-order valence-corrected chi connectivity index (χ3v) is 10.4. The summed E-state index contributed by atoms with van der Waals surface area (Å²) >= 11 is 0. The third kappa shape index (κ3) is 5.19. The Kier molecular flexibility index (Phi) is 6.04. The lowest BCUT2D eigenvalue weighted by atomic mass is 9.91. The van der Waals surface area contributed by atoms with E-state index in [-0.39, 0.29) is 17.6 Å². The Morgan fingerprint density at radius 1 is 0.364 bits per heavy atom. The molecule has 4 nitrogen and oxygen atoms in total. The van der Waals surface area contributed by atoms with Crippen LogP contribution in [0.5, 0.6) is 0 Å².